The highest BCUT2D eigenvalue weighted by molar-refractivity contribution is 6.01. The van der Waals surface area contributed by atoms with Gasteiger partial charge in [-0.25, -0.2) is 0 Å². The predicted molar refractivity (Wildman–Crippen MR) is 178 cm³/mol. The van der Waals surface area contributed by atoms with E-state index in [0.717, 1.165) is 46.2 Å². The summed E-state index contributed by atoms with van der Waals surface area (Å²) in [5, 5.41) is 7.54. The second-order valence-corrected chi connectivity index (χ2v) is 12.7. The maximum atomic E-state index is 14.5. The van der Waals surface area contributed by atoms with Crippen molar-refractivity contribution in [2.75, 3.05) is 38.1 Å². The van der Waals surface area contributed by atoms with Crippen LogP contribution in [0.4, 0.5) is 5.69 Å². The van der Waals surface area contributed by atoms with Crippen molar-refractivity contribution >= 4 is 34.3 Å². The van der Waals surface area contributed by atoms with Crippen molar-refractivity contribution in [1.82, 2.24) is 20.5 Å². The van der Waals surface area contributed by atoms with Crippen molar-refractivity contribution in [1.29, 1.82) is 0 Å². The summed E-state index contributed by atoms with van der Waals surface area (Å²) >= 11 is 0. The van der Waals surface area contributed by atoms with E-state index < -0.39 is 6.04 Å². The number of benzene rings is 3. The van der Waals surface area contributed by atoms with Gasteiger partial charge in [0.15, 0.2) is 0 Å². The number of fused-ring (bicyclic) bond motifs is 2. The monoisotopic (exact) mass is 605 g/mol. The molecule has 1 aromatic heterocycles. The Bertz CT molecular complexity index is 1700. The smallest absolute Gasteiger partial charge is 0.254 e. The van der Waals surface area contributed by atoms with Crippen LogP contribution in [0.15, 0.2) is 72.9 Å². The molecule has 0 saturated carbocycles. The Morgan fingerprint density at radius 2 is 1.73 bits per heavy atom. The van der Waals surface area contributed by atoms with Crippen LogP contribution in [0.25, 0.3) is 10.9 Å². The Kier molecular flexibility index (Phi) is 9.03. The molecule has 1 unspecified atom stereocenters. The molecule has 0 radical (unpaired) electrons. The van der Waals surface area contributed by atoms with Crippen molar-refractivity contribution in [2.45, 2.75) is 45.6 Å². The zero-order chi connectivity index (χ0) is 31.5. The molecule has 3 amide bonds. The van der Waals surface area contributed by atoms with E-state index in [2.05, 4.69) is 34.7 Å². The highest BCUT2D eigenvalue weighted by atomic mass is 16.2. The third-order valence-electron chi connectivity index (χ3n) is 9.48. The zero-order valence-corrected chi connectivity index (χ0v) is 26.4. The number of likely N-dealkylation sites (tertiary alicyclic amines) is 1. The lowest BCUT2D eigenvalue weighted by Gasteiger charge is -2.37. The van der Waals surface area contributed by atoms with Crippen molar-refractivity contribution < 1.29 is 14.4 Å². The standard InChI is InChI=1S/C37H43N5O3/c1-24-12-13-34-28(18-24)19-26(21-38-3)23-42(34)37(45)33(20-29-22-39-32-11-7-6-10-31(29)32)40-35(43)27-14-16-41(17-15-27)36(44)30-9-5-4-8-25(30)2/h4-13,18,22,26-27,33,38-39H,14-17,19-21,23H2,1-3H3,(H,40,43)/t26?,33-/m1/s1. The van der Waals surface area contributed by atoms with Gasteiger partial charge < -0.3 is 25.4 Å². The molecule has 2 aliphatic rings. The maximum Gasteiger partial charge on any atom is 0.254 e. The number of piperidine rings is 1. The first-order valence-corrected chi connectivity index (χ1v) is 16.1. The summed E-state index contributed by atoms with van der Waals surface area (Å²) in [6.07, 6.45) is 4.36. The Hall–Kier alpha value is -4.43. The Morgan fingerprint density at radius 1 is 0.978 bits per heavy atom. The van der Waals surface area contributed by atoms with Gasteiger partial charge in [0, 0.05) is 60.3 Å². The fraction of sp³-hybridized carbons (Fsp3) is 0.378. The number of hydrogen-bond acceptors (Lipinski definition) is 4. The third-order valence-corrected chi connectivity index (χ3v) is 9.48. The number of anilines is 1. The largest absolute Gasteiger partial charge is 0.361 e. The molecule has 1 saturated heterocycles. The maximum absolute atomic E-state index is 14.5. The minimum atomic E-state index is -0.731. The normalized spacial score (nSPS) is 17.6. The molecule has 0 spiro atoms. The van der Waals surface area contributed by atoms with Gasteiger partial charge in [-0.15, -0.1) is 0 Å². The van der Waals surface area contributed by atoms with E-state index in [4.69, 9.17) is 0 Å². The number of para-hydroxylation sites is 1. The van der Waals surface area contributed by atoms with Crippen LogP contribution < -0.4 is 15.5 Å². The van der Waals surface area contributed by atoms with Gasteiger partial charge >= 0.3 is 0 Å². The summed E-state index contributed by atoms with van der Waals surface area (Å²) in [5.74, 6) is -0.199. The molecule has 0 bridgehead atoms. The molecule has 234 valence electrons. The number of aromatic nitrogens is 1. The van der Waals surface area contributed by atoms with E-state index in [9.17, 15) is 14.4 Å². The first-order chi connectivity index (χ1) is 21.8. The molecule has 3 heterocycles. The fourth-order valence-electron chi connectivity index (χ4n) is 7.03. The lowest BCUT2D eigenvalue weighted by Crippen LogP contribution is -2.54. The summed E-state index contributed by atoms with van der Waals surface area (Å²) in [4.78, 5) is 48.6. The number of aryl methyl sites for hydroxylation is 2. The summed E-state index contributed by atoms with van der Waals surface area (Å²) in [6, 6.07) is 21.2. The molecular formula is C37H43N5O3. The molecule has 3 N–H and O–H groups in total. The van der Waals surface area contributed by atoms with Crippen LogP contribution in [-0.4, -0.2) is 66.9 Å². The van der Waals surface area contributed by atoms with Crippen LogP contribution in [0.2, 0.25) is 0 Å². The Labute approximate surface area is 265 Å². The first-order valence-electron chi connectivity index (χ1n) is 16.1. The number of hydrogen-bond donors (Lipinski definition) is 3. The molecular weight excluding hydrogens is 562 g/mol. The highest BCUT2D eigenvalue weighted by Crippen LogP contribution is 2.32. The highest BCUT2D eigenvalue weighted by Gasteiger charge is 2.36. The Balaban J connectivity index is 1.22. The second-order valence-electron chi connectivity index (χ2n) is 12.7. The summed E-state index contributed by atoms with van der Waals surface area (Å²) in [6.45, 7) is 6.44. The van der Waals surface area contributed by atoms with Gasteiger partial charge in [0.05, 0.1) is 0 Å². The van der Waals surface area contributed by atoms with E-state index in [0.29, 0.717) is 44.5 Å². The minimum Gasteiger partial charge on any atom is -0.361 e. The number of nitrogens with one attached hydrogen (secondary N) is 3. The van der Waals surface area contributed by atoms with Crippen molar-refractivity contribution in [3.63, 3.8) is 0 Å². The number of amides is 3. The molecule has 2 aliphatic heterocycles. The molecule has 1 fully saturated rings. The van der Waals surface area contributed by atoms with Gasteiger partial charge in [-0.05, 0) is 87.5 Å². The molecule has 3 aromatic carbocycles. The number of carbonyl (C=O) groups excluding carboxylic acids is 3. The third kappa shape index (κ3) is 6.52. The quantitative estimate of drug-likeness (QED) is 0.269. The molecule has 6 rings (SSSR count). The van der Waals surface area contributed by atoms with Gasteiger partial charge in [0.25, 0.3) is 5.91 Å². The van der Waals surface area contributed by atoms with E-state index in [1.54, 1.807) is 0 Å². The van der Waals surface area contributed by atoms with Crippen molar-refractivity contribution in [2.24, 2.45) is 11.8 Å². The average Bonchev–Trinajstić information content (AvgIpc) is 3.46. The summed E-state index contributed by atoms with van der Waals surface area (Å²) in [5.41, 5.74) is 6.92. The molecule has 45 heavy (non-hydrogen) atoms. The minimum absolute atomic E-state index is 0.00877. The molecule has 8 heteroatoms. The molecule has 8 nitrogen and oxygen atoms in total. The van der Waals surface area contributed by atoms with Crippen molar-refractivity contribution in [3.8, 4) is 0 Å². The van der Waals surface area contributed by atoms with E-state index in [-0.39, 0.29) is 29.6 Å². The zero-order valence-electron chi connectivity index (χ0n) is 26.4. The molecule has 2 atom stereocenters. The number of rotatable bonds is 8. The molecule has 0 aliphatic carbocycles. The SMILES string of the molecule is CNCC1Cc2cc(C)ccc2N(C(=O)[C@@H](Cc2c[nH]c3ccccc23)NC(=O)C2CCN(C(=O)c3ccccc3C)CC2)C1. The van der Waals surface area contributed by atoms with E-state index in [1.165, 1.54) is 5.56 Å². The topological polar surface area (TPSA) is 97.5 Å². The predicted octanol–water partition coefficient (Wildman–Crippen LogP) is 4.79. The van der Waals surface area contributed by atoms with Gasteiger partial charge in [-0.3, -0.25) is 14.4 Å². The Morgan fingerprint density at radius 3 is 2.51 bits per heavy atom. The molecule has 4 aromatic rings. The number of H-pyrrole nitrogens is 1. The van der Waals surface area contributed by atoms with Gasteiger partial charge in [0.1, 0.15) is 6.04 Å². The van der Waals surface area contributed by atoms with Crippen LogP contribution in [0.5, 0.6) is 0 Å². The summed E-state index contributed by atoms with van der Waals surface area (Å²) in [7, 11) is 1.94. The second kappa shape index (κ2) is 13.3. The average molecular weight is 606 g/mol. The number of carbonyl (C=O) groups is 3. The van der Waals surface area contributed by atoms with E-state index >= 15 is 0 Å². The van der Waals surface area contributed by atoms with Crippen LogP contribution in [0.3, 0.4) is 0 Å². The number of aromatic amines is 1. The number of nitrogens with zero attached hydrogens (tertiary/aromatic N) is 2. The van der Waals surface area contributed by atoms with Crippen molar-refractivity contribution in [3.05, 3.63) is 101 Å². The van der Waals surface area contributed by atoms with Crippen LogP contribution >= 0.6 is 0 Å². The van der Waals surface area contributed by atoms with Gasteiger partial charge in [-0.2, -0.15) is 0 Å². The van der Waals surface area contributed by atoms with Crippen LogP contribution in [0, 0.1) is 25.7 Å². The lowest BCUT2D eigenvalue weighted by molar-refractivity contribution is -0.131. The van der Waals surface area contributed by atoms with Gasteiger partial charge in [-0.1, -0.05) is 54.1 Å². The summed E-state index contributed by atoms with van der Waals surface area (Å²) < 4.78 is 0. The van der Waals surface area contributed by atoms with Gasteiger partial charge in [0.2, 0.25) is 11.8 Å². The van der Waals surface area contributed by atoms with Crippen LogP contribution in [-0.2, 0) is 22.4 Å². The fourth-order valence-corrected chi connectivity index (χ4v) is 7.03. The lowest BCUT2D eigenvalue weighted by atomic mass is 9.90. The first kappa shape index (κ1) is 30.6. The van der Waals surface area contributed by atoms with Crippen LogP contribution in [0.1, 0.15) is 45.5 Å². The van der Waals surface area contributed by atoms with E-state index in [1.807, 2.05) is 84.6 Å².